The van der Waals surface area contributed by atoms with Crippen LogP contribution in [0.4, 0.5) is 11.4 Å². The summed E-state index contributed by atoms with van der Waals surface area (Å²) in [7, 11) is -3.39. The molecule has 0 aliphatic heterocycles. The number of nitrogens with one attached hydrogen (secondary N) is 3. The van der Waals surface area contributed by atoms with E-state index in [4.69, 9.17) is 4.74 Å². The van der Waals surface area contributed by atoms with Crippen LogP contribution in [0.2, 0.25) is 0 Å². The number of carbonyl (C=O) groups excluding carboxylic acids is 3. The fourth-order valence-corrected chi connectivity index (χ4v) is 3.53. The van der Waals surface area contributed by atoms with Crippen LogP contribution in [0, 0.1) is 0 Å². The maximum absolute atomic E-state index is 12.4. The summed E-state index contributed by atoms with van der Waals surface area (Å²) in [6.07, 6.45) is 1.05. The monoisotopic (exact) mass is 481 g/mol. The molecule has 0 radical (unpaired) electrons. The fraction of sp³-hybridized carbons (Fsp3) is 0.125. The molecular formula is C24H23N3O6S. The summed E-state index contributed by atoms with van der Waals surface area (Å²) >= 11 is 0. The number of benzene rings is 3. The van der Waals surface area contributed by atoms with E-state index in [1.54, 1.807) is 42.5 Å². The molecule has 0 bridgehead atoms. The molecule has 0 fully saturated rings. The molecule has 0 aliphatic rings. The largest absolute Gasteiger partial charge is 0.427 e. The topological polar surface area (TPSA) is 131 Å². The molecule has 0 heterocycles. The Hall–Kier alpha value is -4.18. The van der Waals surface area contributed by atoms with Gasteiger partial charge in [-0.25, -0.2) is 8.42 Å². The van der Waals surface area contributed by atoms with Crippen LogP contribution in [0.5, 0.6) is 5.75 Å². The lowest BCUT2D eigenvalue weighted by atomic mass is 10.1. The van der Waals surface area contributed by atoms with Crippen molar-refractivity contribution in [2.45, 2.75) is 13.5 Å². The van der Waals surface area contributed by atoms with Gasteiger partial charge < -0.3 is 15.4 Å². The summed E-state index contributed by atoms with van der Waals surface area (Å²) in [5, 5.41) is 5.55. The maximum atomic E-state index is 12.4. The van der Waals surface area contributed by atoms with Crippen LogP contribution in [-0.2, 0) is 21.4 Å². The second-order valence-electron chi connectivity index (χ2n) is 7.41. The average Bonchev–Trinajstić information content (AvgIpc) is 2.77. The molecular weight excluding hydrogens is 458 g/mol. The van der Waals surface area contributed by atoms with Crippen molar-refractivity contribution in [2.24, 2.45) is 0 Å². The molecule has 2 amide bonds. The molecule has 0 aliphatic carbocycles. The first kappa shape index (κ1) is 24.5. The molecule has 0 saturated carbocycles. The van der Waals surface area contributed by atoms with Crippen molar-refractivity contribution in [2.75, 3.05) is 16.3 Å². The number of sulfonamides is 1. The zero-order valence-corrected chi connectivity index (χ0v) is 19.3. The number of carbonyl (C=O) groups is 3. The van der Waals surface area contributed by atoms with Crippen molar-refractivity contribution in [3.63, 3.8) is 0 Å². The van der Waals surface area contributed by atoms with Crippen molar-refractivity contribution in [1.29, 1.82) is 0 Å². The molecule has 0 spiro atoms. The number of rotatable bonds is 8. The molecule has 3 N–H and O–H groups in total. The Bertz CT molecular complexity index is 1300. The average molecular weight is 482 g/mol. The predicted octanol–water partition coefficient (Wildman–Crippen LogP) is 3.17. The summed E-state index contributed by atoms with van der Waals surface area (Å²) in [6, 6.07) is 19.3. The van der Waals surface area contributed by atoms with Crippen LogP contribution in [0.1, 0.15) is 33.2 Å². The van der Waals surface area contributed by atoms with Gasteiger partial charge in [-0.1, -0.05) is 18.2 Å². The highest BCUT2D eigenvalue weighted by Gasteiger charge is 2.10. The highest BCUT2D eigenvalue weighted by molar-refractivity contribution is 7.92. The van der Waals surface area contributed by atoms with Gasteiger partial charge in [0.2, 0.25) is 10.0 Å². The summed E-state index contributed by atoms with van der Waals surface area (Å²) in [5.74, 6) is -0.841. The van der Waals surface area contributed by atoms with E-state index in [0.29, 0.717) is 28.3 Å². The number of ether oxygens (including phenoxy) is 1. The fourth-order valence-electron chi connectivity index (χ4n) is 2.96. The van der Waals surface area contributed by atoms with E-state index < -0.39 is 16.0 Å². The smallest absolute Gasteiger partial charge is 0.308 e. The Morgan fingerprint density at radius 2 is 1.47 bits per heavy atom. The van der Waals surface area contributed by atoms with Gasteiger partial charge in [-0.15, -0.1) is 0 Å². The van der Waals surface area contributed by atoms with Gasteiger partial charge in [0.15, 0.2) is 0 Å². The Labute approximate surface area is 197 Å². The maximum Gasteiger partial charge on any atom is 0.308 e. The summed E-state index contributed by atoms with van der Waals surface area (Å²) in [5.41, 5.74) is 2.47. The molecule has 0 saturated heterocycles. The highest BCUT2D eigenvalue weighted by atomic mass is 32.2. The lowest BCUT2D eigenvalue weighted by Crippen LogP contribution is -2.22. The molecule has 176 valence electrons. The molecule has 9 nitrogen and oxygen atoms in total. The van der Waals surface area contributed by atoms with Crippen LogP contribution < -0.4 is 20.1 Å². The van der Waals surface area contributed by atoms with Crippen molar-refractivity contribution < 1.29 is 27.5 Å². The van der Waals surface area contributed by atoms with E-state index in [1.165, 1.54) is 37.3 Å². The highest BCUT2D eigenvalue weighted by Crippen LogP contribution is 2.16. The van der Waals surface area contributed by atoms with E-state index in [1.807, 2.05) is 0 Å². The molecule has 34 heavy (non-hydrogen) atoms. The minimum absolute atomic E-state index is 0.264. The van der Waals surface area contributed by atoms with Gasteiger partial charge in [-0.2, -0.15) is 0 Å². The van der Waals surface area contributed by atoms with E-state index in [-0.39, 0.29) is 18.4 Å². The van der Waals surface area contributed by atoms with Gasteiger partial charge >= 0.3 is 5.97 Å². The number of esters is 1. The third-order valence-electron chi connectivity index (χ3n) is 4.47. The van der Waals surface area contributed by atoms with E-state index in [2.05, 4.69) is 15.4 Å². The van der Waals surface area contributed by atoms with Crippen LogP contribution in [0.25, 0.3) is 0 Å². The van der Waals surface area contributed by atoms with E-state index in [0.717, 1.165) is 11.8 Å². The van der Waals surface area contributed by atoms with Gasteiger partial charge in [0.25, 0.3) is 11.8 Å². The van der Waals surface area contributed by atoms with Gasteiger partial charge in [0, 0.05) is 36.0 Å². The SMILES string of the molecule is CC(=O)Oc1cccc(C(=O)NCc2ccc(NC(=O)c3ccc(NS(C)(=O)=O)cc3)cc2)c1. The van der Waals surface area contributed by atoms with Crippen molar-refractivity contribution in [3.8, 4) is 5.75 Å². The molecule has 0 atom stereocenters. The van der Waals surface area contributed by atoms with Gasteiger partial charge in [0.05, 0.1) is 6.26 Å². The first-order valence-electron chi connectivity index (χ1n) is 10.1. The zero-order chi connectivity index (χ0) is 24.7. The van der Waals surface area contributed by atoms with Crippen LogP contribution in [0.15, 0.2) is 72.8 Å². The third-order valence-corrected chi connectivity index (χ3v) is 5.08. The standard InChI is InChI=1S/C24H23N3O6S/c1-16(28)33-22-5-3-4-19(14-22)23(29)25-15-17-6-10-20(11-7-17)26-24(30)18-8-12-21(13-9-18)27-34(2,31)32/h3-14,27H,15H2,1-2H3,(H,25,29)(H,26,30). The lowest BCUT2D eigenvalue weighted by Gasteiger charge is -2.09. The molecule has 10 heteroatoms. The second kappa shape index (κ2) is 10.6. The van der Waals surface area contributed by atoms with Crippen molar-refractivity contribution >= 4 is 39.2 Å². The number of anilines is 2. The normalized spacial score (nSPS) is 10.8. The summed E-state index contributed by atoms with van der Waals surface area (Å²) in [4.78, 5) is 35.9. The number of hydrogen-bond donors (Lipinski definition) is 3. The van der Waals surface area contributed by atoms with E-state index >= 15 is 0 Å². The Morgan fingerprint density at radius 3 is 2.09 bits per heavy atom. The minimum atomic E-state index is -3.39. The number of amides is 2. The van der Waals surface area contributed by atoms with E-state index in [9.17, 15) is 22.8 Å². The lowest BCUT2D eigenvalue weighted by molar-refractivity contribution is -0.131. The van der Waals surface area contributed by atoms with Gasteiger partial charge in [0.1, 0.15) is 5.75 Å². The first-order chi connectivity index (χ1) is 16.1. The number of hydrogen-bond acceptors (Lipinski definition) is 6. The Morgan fingerprint density at radius 1 is 0.824 bits per heavy atom. The van der Waals surface area contributed by atoms with Crippen molar-refractivity contribution in [1.82, 2.24) is 5.32 Å². The molecule has 3 aromatic rings. The predicted molar refractivity (Wildman–Crippen MR) is 128 cm³/mol. The molecule has 3 rings (SSSR count). The van der Waals surface area contributed by atoms with Crippen LogP contribution >= 0.6 is 0 Å². The third kappa shape index (κ3) is 7.45. The zero-order valence-electron chi connectivity index (χ0n) is 18.5. The molecule has 3 aromatic carbocycles. The Balaban J connectivity index is 1.54. The van der Waals surface area contributed by atoms with Crippen molar-refractivity contribution in [3.05, 3.63) is 89.5 Å². The van der Waals surface area contributed by atoms with Gasteiger partial charge in [-0.05, 0) is 60.2 Å². The summed E-state index contributed by atoms with van der Waals surface area (Å²) in [6.45, 7) is 1.55. The summed E-state index contributed by atoms with van der Waals surface area (Å²) < 4.78 is 29.8. The molecule has 0 aromatic heterocycles. The quantitative estimate of drug-likeness (QED) is 0.335. The van der Waals surface area contributed by atoms with Gasteiger partial charge in [-0.3, -0.25) is 19.1 Å². The molecule has 0 unspecified atom stereocenters. The van der Waals surface area contributed by atoms with Crippen LogP contribution in [-0.4, -0.2) is 32.5 Å². The Kier molecular flexibility index (Phi) is 7.64. The minimum Gasteiger partial charge on any atom is -0.427 e. The van der Waals surface area contributed by atoms with Crippen LogP contribution in [0.3, 0.4) is 0 Å². The first-order valence-corrected chi connectivity index (χ1v) is 12.0. The second-order valence-corrected chi connectivity index (χ2v) is 9.16.